The highest BCUT2D eigenvalue weighted by molar-refractivity contribution is 5.97. The molecule has 1 amide bonds. The van der Waals surface area contributed by atoms with Crippen LogP contribution in [0.1, 0.15) is 18.1 Å². The Morgan fingerprint density at radius 3 is 2.59 bits per heavy atom. The van der Waals surface area contributed by atoms with Gasteiger partial charge in [0.1, 0.15) is 11.4 Å². The molecule has 8 heteroatoms. The quantitative estimate of drug-likeness (QED) is 0.455. The van der Waals surface area contributed by atoms with Crippen molar-refractivity contribution in [3.63, 3.8) is 0 Å². The Kier molecular flexibility index (Phi) is 6.48. The number of nitrogens with zero attached hydrogens (tertiary/aromatic N) is 1. The highest BCUT2D eigenvalue weighted by Gasteiger charge is 2.22. The number of ether oxygens (including phenoxy) is 2. The molecule has 142 valence electrons. The number of rotatable bonds is 7. The van der Waals surface area contributed by atoms with Gasteiger partial charge in [0, 0.05) is 11.6 Å². The summed E-state index contributed by atoms with van der Waals surface area (Å²) in [5.74, 6) is -0.715. The van der Waals surface area contributed by atoms with Crippen LogP contribution in [-0.4, -0.2) is 30.0 Å². The van der Waals surface area contributed by atoms with E-state index in [1.54, 1.807) is 18.2 Å². The molecule has 0 radical (unpaired) electrons. The van der Waals surface area contributed by atoms with Crippen molar-refractivity contribution in [2.45, 2.75) is 26.4 Å². The number of aryl methyl sites for hydroxylation is 1. The summed E-state index contributed by atoms with van der Waals surface area (Å²) in [6.45, 7) is 3.28. The number of nitro benzene ring substituents is 1. The molecule has 0 aliphatic heterocycles. The van der Waals surface area contributed by atoms with Crippen LogP contribution >= 0.6 is 0 Å². The second-order valence-electron chi connectivity index (χ2n) is 5.89. The number of anilines is 1. The number of carbonyl (C=O) groups excluding carboxylic acids is 2. The average molecular weight is 372 g/mol. The van der Waals surface area contributed by atoms with Gasteiger partial charge < -0.3 is 14.8 Å². The van der Waals surface area contributed by atoms with Gasteiger partial charge in [-0.05, 0) is 26.0 Å². The third kappa shape index (κ3) is 5.27. The van der Waals surface area contributed by atoms with Crippen molar-refractivity contribution in [1.29, 1.82) is 0 Å². The maximum Gasteiger partial charge on any atom is 0.311 e. The zero-order valence-corrected chi connectivity index (χ0v) is 15.2. The molecule has 8 nitrogen and oxygen atoms in total. The zero-order valence-electron chi connectivity index (χ0n) is 15.2. The summed E-state index contributed by atoms with van der Waals surface area (Å²) in [5, 5.41) is 13.4. The third-order valence-corrected chi connectivity index (χ3v) is 3.81. The van der Waals surface area contributed by atoms with Gasteiger partial charge in [0.2, 0.25) is 0 Å². The average Bonchev–Trinajstić information content (AvgIpc) is 2.62. The van der Waals surface area contributed by atoms with E-state index in [2.05, 4.69) is 5.32 Å². The van der Waals surface area contributed by atoms with Gasteiger partial charge in [-0.1, -0.05) is 29.8 Å². The predicted octanol–water partition coefficient (Wildman–Crippen LogP) is 3.02. The predicted molar refractivity (Wildman–Crippen MR) is 98.7 cm³/mol. The maximum absolute atomic E-state index is 12.2. The molecule has 0 heterocycles. The number of hydrogen-bond donors (Lipinski definition) is 1. The summed E-state index contributed by atoms with van der Waals surface area (Å²) in [4.78, 5) is 34.8. The van der Waals surface area contributed by atoms with Gasteiger partial charge in [0.05, 0.1) is 18.5 Å². The van der Waals surface area contributed by atoms with Crippen LogP contribution in [0.3, 0.4) is 0 Å². The summed E-state index contributed by atoms with van der Waals surface area (Å²) >= 11 is 0. The summed E-state index contributed by atoms with van der Waals surface area (Å²) in [6.07, 6.45) is -1.18. The van der Waals surface area contributed by atoms with E-state index in [1.165, 1.54) is 32.2 Å². The molecule has 0 fully saturated rings. The molecule has 0 bridgehead atoms. The Morgan fingerprint density at radius 1 is 1.22 bits per heavy atom. The lowest BCUT2D eigenvalue weighted by Crippen LogP contribution is -2.30. The SMILES string of the molecule is COc1ccc(C)cc1CC(=O)O[C@H](C)C(=O)Nc1ccccc1[N+](=O)[O-]. The van der Waals surface area contributed by atoms with Crippen molar-refractivity contribution in [3.8, 4) is 5.75 Å². The number of benzene rings is 2. The second kappa shape index (κ2) is 8.79. The van der Waals surface area contributed by atoms with Crippen molar-refractivity contribution in [3.05, 3.63) is 63.7 Å². The molecule has 2 rings (SSSR count). The van der Waals surface area contributed by atoms with Gasteiger partial charge in [-0.15, -0.1) is 0 Å². The van der Waals surface area contributed by atoms with E-state index in [0.717, 1.165) is 5.56 Å². The fourth-order valence-electron chi connectivity index (χ4n) is 2.47. The number of carbonyl (C=O) groups is 2. The number of nitrogens with one attached hydrogen (secondary N) is 1. The fraction of sp³-hybridized carbons (Fsp3) is 0.263. The minimum Gasteiger partial charge on any atom is -0.496 e. The van der Waals surface area contributed by atoms with Crippen LogP contribution in [-0.2, 0) is 20.7 Å². The van der Waals surface area contributed by atoms with E-state index in [-0.39, 0.29) is 17.8 Å². The van der Waals surface area contributed by atoms with E-state index in [1.807, 2.05) is 13.0 Å². The Bertz CT molecular complexity index is 865. The van der Waals surface area contributed by atoms with Crippen LogP contribution in [0.25, 0.3) is 0 Å². The minimum atomic E-state index is -1.12. The van der Waals surface area contributed by atoms with Gasteiger partial charge in [-0.2, -0.15) is 0 Å². The molecule has 1 atom stereocenters. The lowest BCUT2D eigenvalue weighted by molar-refractivity contribution is -0.383. The largest absolute Gasteiger partial charge is 0.496 e. The lowest BCUT2D eigenvalue weighted by Gasteiger charge is -2.14. The maximum atomic E-state index is 12.2. The van der Waals surface area contributed by atoms with Crippen LogP contribution in [0.2, 0.25) is 0 Å². The first-order valence-corrected chi connectivity index (χ1v) is 8.19. The number of nitro groups is 1. The molecule has 0 aliphatic rings. The van der Waals surface area contributed by atoms with Crippen molar-refractivity contribution >= 4 is 23.3 Å². The molecule has 0 saturated heterocycles. The fourth-order valence-corrected chi connectivity index (χ4v) is 2.47. The summed E-state index contributed by atoms with van der Waals surface area (Å²) in [5.41, 5.74) is 1.40. The van der Waals surface area contributed by atoms with E-state index in [0.29, 0.717) is 11.3 Å². The van der Waals surface area contributed by atoms with Gasteiger partial charge in [-0.25, -0.2) is 0 Å². The summed E-state index contributed by atoms with van der Waals surface area (Å²) in [7, 11) is 1.50. The van der Waals surface area contributed by atoms with Crippen LogP contribution in [0.5, 0.6) is 5.75 Å². The van der Waals surface area contributed by atoms with Crippen molar-refractivity contribution in [2.24, 2.45) is 0 Å². The smallest absolute Gasteiger partial charge is 0.311 e. The lowest BCUT2D eigenvalue weighted by atomic mass is 10.1. The van der Waals surface area contributed by atoms with Gasteiger partial charge in [0.15, 0.2) is 6.10 Å². The van der Waals surface area contributed by atoms with Gasteiger partial charge >= 0.3 is 5.97 Å². The molecular weight excluding hydrogens is 352 g/mol. The minimum absolute atomic E-state index is 0.0377. The standard InChI is InChI=1S/C19H20N2O6/c1-12-8-9-17(26-3)14(10-12)11-18(22)27-13(2)19(23)20-15-6-4-5-7-16(15)21(24)25/h4-10,13H,11H2,1-3H3,(H,20,23)/t13-/m1/s1. The molecule has 0 spiro atoms. The molecule has 0 unspecified atom stereocenters. The first-order valence-electron chi connectivity index (χ1n) is 8.19. The van der Waals surface area contributed by atoms with E-state index < -0.39 is 22.9 Å². The monoisotopic (exact) mass is 372 g/mol. The number of para-hydroxylation sites is 2. The molecule has 27 heavy (non-hydrogen) atoms. The van der Waals surface area contributed by atoms with Crippen LogP contribution in [0, 0.1) is 17.0 Å². The Hall–Kier alpha value is -3.42. The second-order valence-corrected chi connectivity index (χ2v) is 5.89. The van der Waals surface area contributed by atoms with Crippen LogP contribution in [0.4, 0.5) is 11.4 Å². The van der Waals surface area contributed by atoms with Crippen LogP contribution < -0.4 is 10.1 Å². The molecule has 0 aromatic heterocycles. The molecular formula is C19H20N2O6. The van der Waals surface area contributed by atoms with Gasteiger partial charge in [-0.3, -0.25) is 19.7 Å². The van der Waals surface area contributed by atoms with Crippen molar-refractivity contribution in [2.75, 3.05) is 12.4 Å². The Morgan fingerprint density at radius 2 is 1.93 bits per heavy atom. The first kappa shape index (κ1) is 19.9. The van der Waals surface area contributed by atoms with E-state index >= 15 is 0 Å². The Balaban J connectivity index is 2.01. The molecule has 1 N–H and O–H groups in total. The van der Waals surface area contributed by atoms with Crippen LogP contribution in [0.15, 0.2) is 42.5 Å². The van der Waals surface area contributed by atoms with Crippen molar-refractivity contribution < 1.29 is 24.0 Å². The summed E-state index contributed by atoms with van der Waals surface area (Å²) < 4.78 is 10.4. The highest BCUT2D eigenvalue weighted by Crippen LogP contribution is 2.24. The molecule has 2 aromatic carbocycles. The number of methoxy groups -OCH3 is 1. The highest BCUT2D eigenvalue weighted by atomic mass is 16.6. The Labute approximate surface area is 156 Å². The number of esters is 1. The van der Waals surface area contributed by atoms with Crippen molar-refractivity contribution in [1.82, 2.24) is 0 Å². The normalized spacial score (nSPS) is 11.4. The first-order chi connectivity index (χ1) is 12.8. The van der Waals surface area contributed by atoms with E-state index in [9.17, 15) is 19.7 Å². The summed E-state index contributed by atoms with van der Waals surface area (Å²) in [6, 6.07) is 11.1. The molecule has 0 aliphatic carbocycles. The number of hydrogen-bond acceptors (Lipinski definition) is 6. The third-order valence-electron chi connectivity index (χ3n) is 3.81. The van der Waals surface area contributed by atoms with E-state index in [4.69, 9.17) is 9.47 Å². The zero-order chi connectivity index (χ0) is 20.0. The molecule has 0 saturated carbocycles. The molecule has 2 aromatic rings. The van der Waals surface area contributed by atoms with Gasteiger partial charge in [0.25, 0.3) is 11.6 Å². The number of amides is 1. The topological polar surface area (TPSA) is 108 Å².